The number of ether oxygens (including phenoxy) is 1. The SMILES string of the molecule is C=C(C)[C@@H]1CC[C@]2(C(=O)NCCCCCCCCCCC#N)CC[C@]3(C)[C@H](CCC4[C@@]5(C)CC[C@H](OC(C)=O)C(C)(C)[C@@H]5CC[C@]43C)[C@@H]12. The molecular formula is C43H70N2O3. The van der Waals surface area contributed by atoms with Gasteiger partial charge in [-0.15, -0.1) is 0 Å². The molecule has 5 saturated carbocycles. The highest BCUT2D eigenvalue weighted by molar-refractivity contribution is 5.83. The van der Waals surface area contributed by atoms with Gasteiger partial charge in [-0.1, -0.05) is 85.3 Å². The first-order valence-corrected chi connectivity index (χ1v) is 20.2. The third-order valence-electron chi connectivity index (χ3n) is 16.3. The van der Waals surface area contributed by atoms with Crippen LogP contribution in [-0.4, -0.2) is 24.5 Å². The summed E-state index contributed by atoms with van der Waals surface area (Å²) < 4.78 is 5.96. The molecule has 0 radical (unpaired) electrons. The Kier molecular flexibility index (Phi) is 11.2. The number of carbonyl (C=O) groups excluding carboxylic acids is 2. The van der Waals surface area contributed by atoms with E-state index in [0.717, 1.165) is 57.9 Å². The lowest BCUT2D eigenvalue weighted by Gasteiger charge is -2.72. The van der Waals surface area contributed by atoms with Crippen LogP contribution in [0.25, 0.3) is 0 Å². The molecule has 5 fully saturated rings. The number of nitriles is 1. The van der Waals surface area contributed by atoms with E-state index >= 15 is 0 Å². The number of rotatable bonds is 13. The molecule has 5 rings (SSSR count). The Balaban J connectivity index is 1.28. The molecule has 5 aliphatic rings. The zero-order valence-electron chi connectivity index (χ0n) is 32.0. The highest BCUT2D eigenvalue weighted by Crippen LogP contribution is 2.77. The highest BCUT2D eigenvalue weighted by Gasteiger charge is 2.72. The Labute approximate surface area is 294 Å². The van der Waals surface area contributed by atoms with Gasteiger partial charge in [0.15, 0.2) is 0 Å². The number of fused-ring (bicyclic) bond motifs is 7. The Morgan fingerprint density at radius 3 is 2.08 bits per heavy atom. The third kappa shape index (κ3) is 6.32. The van der Waals surface area contributed by atoms with Gasteiger partial charge in [0.25, 0.3) is 0 Å². The van der Waals surface area contributed by atoms with Gasteiger partial charge in [-0.3, -0.25) is 9.59 Å². The lowest BCUT2D eigenvalue weighted by Crippen LogP contribution is -2.67. The maximum atomic E-state index is 14.4. The van der Waals surface area contributed by atoms with Crippen molar-refractivity contribution in [2.75, 3.05) is 6.54 Å². The average Bonchev–Trinajstić information content (AvgIpc) is 3.43. The molecule has 5 nitrogen and oxygen atoms in total. The molecule has 5 aliphatic carbocycles. The molecule has 0 aromatic rings. The zero-order valence-corrected chi connectivity index (χ0v) is 32.0. The summed E-state index contributed by atoms with van der Waals surface area (Å²) in [6, 6.07) is 2.24. The molecule has 1 amide bonds. The van der Waals surface area contributed by atoms with Crippen LogP contribution in [0.5, 0.6) is 0 Å². The summed E-state index contributed by atoms with van der Waals surface area (Å²) in [5.41, 5.74) is 1.72. The number of unbranched alkanes of at least 4 members (excludes halogenated alkanes) is 8. The second kappa shape index (κ2) is 14.4. The summed E-state index contributed by atoms with van der Waals surface area (Å²) in [5, 5.41) is 12.2. The maximum Gasteiger partial charge on any atom is 0.302 e. The molecule has 0 aromatic heterocycles. The molecule has 1 unspecified atom stereocenters. The van der Waals surface area contributed by atoms with Crippen LogP contribution >= 0.6 is 0 Å². The molecule has 0 heterocycles. The average molecular weight is 663 g/mol. The molecule has 48 heavy (non-hydrogen) atoms. The van der Waals surface area contributed by atoms with Crippen molar-refractivity contribution in [3.63, 3.8) is 0 Å². The van der Waals surface area contributed by atoms with Crippen molar-refractivity contribution in [1.82, 2.24) is 5.32 Å². The Bertz CT molecular complexity index is 1230. The molecule has 0 aliphatic heterocycles. The van der Waals surface area contributed by atoms with Crippen LogP contribution in [0, 0.1) is 68.0 Å². The van der Waals surface area contributed by atoms with E-state index in [0.29, 0.717) is 41.9 Å². The number of amides is 1. The molecule has 0 saturated heterocycles. The smallest absolute Gasteiger partial charge is 0.302 e. The van der Waals surface area contributed by atoms with Crippen LogP contribution in [0.15, 0.2) is 12.2 Å². The van der Waals surface area contributed by atoms with Gasteiger partial charge in [-0.2, -0.15) is 5.26 Å². The van der Waals surface area contributed by atoms with Crippen molar-refractivity contribution < 1.29 is 14.3 Å². The number of allylic oxidation sites excluding steroid dienone is 1. The minimum absolute atomic E-state index is 0.0127. The minimum Gasteiger partial charge on any atom is -0.462 e. The number of hydrogen-bond donors (Lipinski definition) is 1. The standard InChI is InChI=1S/C43H70N2O3/c1-30(2)32-20-25-43(38(47)45-29-17-15-13-11-9-10-12-14-16-28-44)27-26-41(7)33(37(32)43)18-19-35-40(6)23-22-36(48-31(3)46)39(4,5)34(40)21-24-42(35,41)8/h32-37H,1,9-27,29H2,2-8H3,(H,45,47)/t32-,33+,34-,35?,36-,37+,40-,41+,42+,43-/m0/s1. The van der Waals surface area contributed by atoms with Crippen LogP contribution in [0.1, 0.15) is 170 Å². The minimum atomic E-state index is -0.244. The first kappa shape index (κ1) is 37.4. The first-order chi connectivity index (χ1) is 22.7. The molecule has 10 atom stereocenters. The summed E-state index contributed by atoms with van der Waals surface area (Å²) in [7, 11) is 0. The van der Waals surface area contributed by atoms with Gasteiger partial charge < -0.3 is 10.1 Å². The van der Waals surface area contributed by atoms with E-state index in [1.165, 1.54) is 69.8 Å². The first-order valence-electron chi connectivity index (χ1n) is 20.2. The summed E-state index contributed by atoms with van der Waals surface area (Å²) in [4.78, 5) is 26.4. The fourth-order valence-corrected chi connectivity index (χ4v) is 13.7. The fourth-order valence-electron chi connectivity index (χ4n) is 13.7. The lowest BCUT2D eigenvalue weighted by atomic mass is 9.32. The van der Waals surface area contributed by atoms with Gasteiger partial charge in [0.05, 0.1) is 11.5 Å². The fraction of sp³-hybridized carbons (Fsp3) is 0.884. The highest BCUT2D eigenvalue weighted by atomic mass is 16.5. The quantitative estimate of drug-likeness (QED) is 0.121. The number of nitrogens with one attached hydrogen (secondary N) is 1. The number of nitrogens with zero attached hydrogens (tertiary/aromatic N) is 1. The van der Waals surface area contributed by atoms with Crippen LogP contribution < -0.4 is 5.32 Å². The van der Waals surface area contributed by atoms with Crippen molar-refractivity contribution in [3.05, 3.63) is 12.2 Å². The van der Waals surface area contributed by atoms with E-state index in [1.54, 1.807) is 6.92 Å². The van der Waals surface area contributed by atoms with Crippen LogP contribution in [0.3, 0.4) is 0 Å². The van der Waals surface area contributed by atoms with Crippen molar-refractivity contribution >= 4 is 11.9 Å². The summed E-state index contributed by atoms with van der Waals surface area (Å²) in [6.07, 6.45) is 21.5. The van der Waals surface area contributed by atoms with E-state index in [9.17, 15) is 9.59 Å². The third-order valence-corrected chi connectivity index (χ3v) is 16.3. The van der Waals surface area contributed by atoms with Gasteiger partial charge in [0, 0.05) is 25.3 Å². The van der Waals surface area contributed by atoms with Gasteiger partial charge in [-0.05, 0) is 130 Å². The van der Waals surface area contributed by atoms with Crippen molar-refractivity contribution in [2.45, 2.75) is 177 Å². The second-order valence-corrected chi connectivity index (χ2v) is 18.8. The van der Waals surface area contributed by atoms with Gasteiger partial charge >= 0.3 is 5.97 Å². The Hall–Kier alpha value is -1.83. The van der Waals surface area contributed by atoms with Gasteiger partial charge in [-0.25, -0.2) is 0 Å². The monoisotopic (exact) mass is 663 g/mol. The van der Waals surface area contributed by atoms with Crippen LogP contribution in [0.2, 0.25) is 0 Å². The molecule has 0 aromatic carbocycles. The topological polar surface area (TPSA) is 79.2 Å². The van der Waals surface area contributed by atoms with Crippen molar-refractivity contribution in [2.24, 2.45) is 56.7 Å². The number of hydrogen-bond acceptors (Lipinski definition) is 4. The molecule has 270 valence electrons. The summed E-state index contributed by atoms with van der Waals surface area (Å²) in [6.45, 7) is 21.8. The van der Waals surface area contributed by atoms with Crippen LogP contribution in [0.4, 0.5) is 0 Å². The van der Waals surface area contributed by atoms with Crippen molar-refractivity contribution in [1.29, 1.82) is 5.26 Å². The normalized spacial score (nSPS) is 41.1. The maximum absolute atomic E-state index is 14.4. The molecule has 5 heteroatoms. The lowest BCUT2D eigenvalue weighted by molar-refractivity contribution is -0.248. The second-order valence-electron chi connectivity index (χ2n) is 18.8. The Morgan fingerprint density at radius 1 is 0.771 bits per heavy atom. The zero-order chi connectivity index (χ0) is 35.0. The molecular weight excluding hydrogens is 592 g/mol. The van der Waals surface area contributed by atoms with E-state index in [-0.39, 0.29) is 39.1 Å². The van der Waals surface area contributed by atoms with E-state index in [4.69, 9.17) is 10.00 Å². The van der Waals surface area contributed by atoms with Gasteiger partial charge in [0.1, 0.15) is 6.10 Å². The molecule has 0 bridgehead atoms. The largest absolute Gasteiger partial charge is 0.462 e. The summed E-state index contributed by atoms with van der Waals surface area (Å²) in [5.74, 6) is 2.82. The van der Waals surface area contributed by atoms with Crippen LogP contribution in [-0.2, 0) is 14.3 Å². The van der Waals surface area contributed by atoms with E-state index in [2.05, 4.69) is 59.5 Å². The molecule has 1 N–H and O–H groups in total. The predicted octanol–water partition coefficient (Wildman–Crippen LogP) is 10.7. The predicted molar refractivity (Wildman–Crippen MR) is 195 cm³/mol. The summed E-state index contributed by atoms with van der Waals surface area (Å²) >= 11 is 0. The van der Waals surface area contributed by atoms with Gasteiger partial charge in [0.2, 0.25) is 5.91 Å². The number of esters is 1. The van der Waals surface area contributed by atoms with E-state index < -0.39 is 0 Å². The Morgan fingerprint density at radius 2 is 1.44 bits per heavy atom. The number of carbonyl (C=O) groups is 2. The van der Waals surface area contributed by atoms with Crippen molar-refractivity contribution in [3.8, 4) is 6.07 Å². The van der Waals surface area contributed by atoms with E-state index in [1.807, 2.05) is 0 Å². The molecule has 0 spiro atoms.